The number of esters is 1. The van der Waals surface area contributed by atoms with Gasteiger partial charge in [0.15, 0.2) is 12.4 Å². The third-order valence-electron chi connectivity index (χ3n) is 13.4. The van der Waals surface area contributed by atoms with Gasteiger partial charge in [0.05, 0.1) is 25.4 Å². The molecule has 1 amide bonds. The summed E-state index contributed by atoms with van der Waals surface area (Å²) < 4.78 is 17.5. The van der Waals surface area contributed by atoms with Gasteiger partial charge in [0.1, 0.15) is 24.4 Å². The van der Waals surface area contributed by atoms with Crippen molar-refractivity contribution in [3.8, 4) is 0 Å². The fourth-order valence-electron chi connectivity index (χ4n) is 8.74. The molecule has 1 saturated heterocycles. The Labute approximate surface area is 439 Å². The normalized spacial score (nSPS) is 20.0. The maximum absolute atomic E-state index is 13.4. The summed E-state index contributed by atoms with van der Waals surface area (Å²) in [6.45, 7) is 5.60. The number of aliphatic hydroxyl groups is 5. The van der Waals surface area contributed by atoms with Crippen LogP contribution in [-0.2, 0) is 23.8 Å². The first-order chi connectivity index (χ1) is 35.2. The fourth-order valence-corrected chi connectivity index (χ4v) is 8.74. The van der Waals surface area contributed by atoms with Crippen molar-refractivity contribution in [2.75, 3.05) is 13.2 Å². The predicted octanol–water partition coefficient (Wildman–Crippen LogP) is 13.2. The average molecular weight is 1010 g/mol. The molecule has 11 nitrogen and oxygen atoms in total. The van der Waals surface area contributed by atoms with Crippen LogP contribution in [0.15, 0.2) is 72.9 Å². The van der Waals surface area contributed by atoms with E-state index >= 15 is 0 Å². The molecule has 0 aromatic heterocycles. The quantitative estimate of drug-likeness (QED) is 0.0149. The molecule has 0 radical (unpaired) electrons. The molecule has 0 saturated carbocycles. The van der Waals surface area contributed by atoms with Gasteiger partial charge in [-0.1, -0.05) is 229 Å². The lowest BCUT2D eigenvalue weighted by Crippen LogP contribution is -2.61. The second-order valence-corrected chi connectivity index (χ2v) is 20.1. The second kappa shape index (κ2) is 49.0. The molecular weight excluding hydrogens is 907 g/mol. The van der Waals surface area contributed by atoms with Crippen LogP contribution in [0.25, 0.3) is 0 Å². The number of aliphatic hydroxyl groups excluding tert-OH is 5. The van der Waals surface area contributed by atoms with Gasteiger partial charge in [0, 0.05) is 6.42 Å². The lowest BCUT2D eigenvalue weighted by Gasteiger charge is -2.41. The number of hydrogen-bond donors (Lipinski definition) is 6. The third kappa shape index (κ3) is 36.9. The minimum Gasteiger partial charge on any atom is -0.454 e. The van der Waals surface area contributed by atoms with Gasteiger partial charge in [-0.15, -0.1) is 0 Å². The molecule has 416 valence electrons. The summed E-state index contributed by atoms with van der Waals surface area (Å²) in [5.41, 5.74) is 0. The molecule has 1 aliphatic heterocycles. The molecule has 0 bridgehead atoms. The van der Waals surface area contributed by atoms with Crippen LogP contribution in [0.3, 0.4) is 0 Å². The number of ether oxygens (including phenoxy) is 3. The molecule has 72 heavy (non-hydrogen) atoms. The summed E-state index contributed by atoms with van der Waals surface area (Å²) in [5, 5.41) is 56.8. The van der Waals surface area contributed by atoms with E-state index < -0.39 is 67.4 Å². The van der Waals surface area contributed by atoms with Crippen LogP contribution in [0.5, 0.6) is 0 Å². The monoisotopic (exact) mass is 1010 g/mol. The maximum atomic E-state index is 13.4. The summed E-state index contributed by atoms with van der Waals surface area (Å²) in [6.07, 6.45) is 50.8. The largest absolute Gasteiger partial charge is 0.454 e. The molecule has 0 aromatic rings. The van der Waals surface area contributed by atoms with E-state index in [1.807, 2.05) is 24.3 Å². The van der Waals surface area contributed by atoms with Gasteiger partial charge >= 0.3 is 5.97 Å². The molecule has 1 heterocycles. The number of amides is 1. The van der Waals surface area contributed by atoms with E-state index in [-0.39, 0.29) is 19.4 Å². The number of unbranched alkanes of at least 4 members (excludes halogenated alkanes) is 26. The Balaban J connectivity index is 2.72. The molecule has 1 fully saturated rings. The van der Waals surface area contributed by atoms with Gasteiger partial charge in [-0.2, -0.15) is 0 Å². The molecule has 1 aliphatic rings. The Morgan fingerprint density at radius 1 is 0.569 bits per heavy atom. The Bertz CT molecular complexity index is 1440. The molecule has 0 aliphatic carbocycles. The zero-order valence-corrected chi connectivity index (χ0v) is 45.8. The number of carbonyl (C=O) groups excluding carboxylic acids is 2. The van der Waals surface area contributed by atoms with Crippen LogP contribution >= 0.6 is 0 Å². The second-order valence-electron chi connectivity index (χ2n) is 20.1. The minimum atomic E-state index is -1.62. The van der Waals surface area contributed by atoms with Crippen LogP contribution < -0.4 is 5.32 Å². The number of rotatable bonds is 48. The topological polar surface area (TPSA) is 175 Å². The van der Waals surface area contributed by atoms with Gasteiger partial charge in [-0.05, 0) is 77.0 Å². The van der Waals surface area contributed by atoms with E-state index in [2.05, 4.69) is 68.6 Å². The van der Waals surface area contributed by atoms with Crippen LogP contribution in [0, 0.1) is 0 Å². The summed E-state index contributed by atoms with van der Waals surface area (Å²) in [4.78, 5) is 26.4. The molecule has 8 unspecified atom stereocenters. The first-order valence-electron chi connectivity index (χ1n) is 29.2. The van der Waals surface area contributed by atoms with Gasteiger partial charge < -0.3 is 45.1 Å². The standard InChI is InChI=1S/C61H107NO10/c1-4-7-10-13-16-19-22-25-26-27-28-29-31-33-36-39-42-45-48-54(65)60(69)62-52(53(64)47-44-41-38-35-32-24-21-18-15-12-9-6-3)51-70-61-59(58(68)57(67)55(50-63)71-61)72-56(66)49-46-43-40-37-34-30-23-20-17-14-11-8-5-2/h8,11,14,16-17,19-20,23,25-26,44,47,52-55,57-59,61,63-65,67-68H,4-7,9-10,12-13,15,18,21-22,24,27-43,45-46,48-51H2,1-3H3,(H,62,69)/b11-8+,17-14+,19-16-,23-20-,26-25-,47-44+. The van der Waals surface area contributed by atoms with Crippen molar-refractivity contribution in [2.24, 2.45) is 0 Å². The van der Waals surface area contributed by atoms with Gasteiger partial charge in [-0.25, -0.2) is 0 Å². The smallest absolute Gasteiger partial charge is 0.306 e. The molecule has 1 rings (SSSR count). The zero-order chi connectivity index (χ0) is 52.5. The molecule has 0 aromatic carbocycles. The van der Waals surface area contributed by atoms with E-state index in [1.165, 1.54) is 103 Å². The lowest BCUT2D eigenvalue weighted by molar-refractivity contribution is -0.305. The van der Waals surface area contributed by atoms with Crippen molar-refractivity contribution in [1.82, 2.24) is 5.32 Å². The van der Waals surface area contributed by atoms with Gasteiger partial charge in [0.2, 0.25) is 5.91 Å². The number of allylic oxidation sites excluding steroid dienone is 11. The highest BCUT2D eigenvalue weighted by molar-refractivity contribution is 5.80. The van der Waals surface area contributed by atoms with Crippen LogP contribution in [0.1, 0.15) is 239 Å². The summed E-state index contributed by atoms with van der Waals surface area (Å²) in [5.74, 6) is -1.22. The van der Waals surface area contributed by atoms with Gasteiger partial charge in [0.25, 0.3) is 0 Å². The maximum Gasteiger partial charge on any atom is 0.306 e. The minimum absolute atomic E-state index is 0.0977. The van der Waals surface area contributed by atoms with Crippen molar-refractivity contribution >= 4 is 11.9 Å². The van der Waals surface area contributed by atoms with E-state index in [0.29, 0.717) is 12.8 Å². The SMILES string of the molecule is CC/C=C/C=C/C=C\CCCCCCCC(=O)OC1C(OCC(NC(=O)C(O)CCCCCCCCCC/C=C\C/C=C\CCCCC)C(O)/C=C/CCCCCCCCCCCC)OC(CO)C(O)C1O. The highest BCUT2D eigenvalue weighted by Gasteiger charge is 2.47. The fraction of sp³-hybridized carbons (Fsp3) is 0.770. The van der Waals surface area contributed by atoms with Crippen molar-refractivity contribution in [1.29, 1.82) is 0 Å². The number of nitrogens with one attached hydrogen (secondary N) is 1. The van der Waals surface area contributed by atoms with Crippen molar-refractivity contribution in [2.45, 2.75) is 288 Å². The van der Waals surface area contributed by atoms with E-state index in [4.69, 9.17) is 14.2 Å². The van der Waals surface area contributed by atoms with Crippen molar-refractivity contribution < 1.29 is 49.3 Å². The summed E-state index contributed by atoms with van der Waals surface area (Å²) >= 11 is 0. The highest BCUT2D eigenvalue weighted by Crippen LogP contribution is 2.26. The molecule has 0 spiro atoms. The van der Waals surface area contributed by atoms with Crippen molar-refractivity contribution in [3.05, 3.63) is 72.9 Å². The molecule has 8 atom stereocenters. The number of hydrogen-bond acceptors (Lipinski definition) is 10. The zero-order valence-electron chi connectivity index (χ0n) is 45.8. The Hall–Kier alpha value is -2.90. The first-order valence-corrected chi connectivity index (χ1v) is 29.2. The number of carbonyl (C=O) groups is 2. The predicted molar refractivity (Wildman–Crippen MR) is 296 cm³/mol. The Kier molecular flexibility index (Phi) is 45.7. The summed E-state index contributed by atoms with van der Waals surface area (Å²) in [6, 6.07) is -1.03. The highest BCUT2D eigenvalue weighted by atomic mass is 16.7. The van der Waals surface area contributed by atoms with Crippen LogP contribution in [0.4, 0.5) is 0 Å². The lowest BCUT2D eigenvalue weighted by atomic mass is 9.99. The molecule has 6 N–H and O–H groups in total. The third-order valence-corrected chi connectivity index (χ3v) is 13.4. The van der Waals surface area contributed by atoms with E-state index in [1.54, 1.807) is 6.08 Å². The van der Waals surface area contributed by atoms with Crippen molar-refractivity contribution in [3.63, 3.8) is 0 Å². The Morgan fingerprint density at radius 3 is 1.62 bits per heavy atom. The average Bonchev–Trinajstić information content (AvgIpc) is 3.38. The van der Waals surface area contributed by atoms with E-state index in [9.17, 15) is 35.1 Å². The Morgan fingerprint density at radius 2 is 1.06 bits per heavy atom. The summed E-state index contributed by atoms with van der Waals surface area (Å²) in [7, 11) is 0. The molecular formula is C61H107NO10. The van der Waals surface area contributed by atoms with Crippen LogP contribution in [-0.4, -0.2) is 99.6 Å². The first kappa shape index (κ1) is 67.1. The molecule has 11 heteroatoms. The van der Waals surface area contributed by atoms with Gasteiger partial charge in [-0.3, -0.25) is 9.59 Å². The van der Waals surface area contributed by atoms with E-state index in [0.717, 1.165) is 89.9 Å². The van der Waals surface area contributed by atoms with Crippen LogP contribution in [0.2, 0.25) is 0 Å².